The molecule has 0 aliphatic rings. The molecule has 1 heterocycles. The van der Waals surface area contributed by atoms with E-state index in [1.54, 1.807) is 0 Å². The van der Waals surface area contributed by atoms with Crippen LogP contribution in [0, 0.1) is 5.92 Å². The fourth-order valence-electron chi connectivity index (χ4n) is 2.49. The normalized spacial score (nSPS) is 13.7. The highest BCUT2D eigenvalue weighted by Crippen LogP contribution is 2.15. The van der Waals surface area contributed by atoms with Gasteiger partial charge in [-0.05, 0) is 23.4 Å². The molecule has 0 radical (unpaired) electrons. The highest BCUT2D eigenvalue weighted by atomic mass is 16.4. The average molecular weight is 302 g/mol. The van der Waals surface area contributed by atoms with Crippen LogP contribution >= 0.6 is 0 Å². The van der Waals surface area contributed by atoms with Crippen molar-refractivity contribution >= 4 is 22.8 Å². The van der Waals surface area contributed by atoms with Gasteiger partial charge in [-0.25, -0.2) is 4.79 Å². The molecule has 1 aromatic heterocycles. The van der Waals surface area contributed by atoms with Gasteiger partial charge >= 0.3 is 5.97 Å². The number of rotatable bonds is 7. The van der Waals surface area contributed by atoms with E-state index in [9.17, 15) is 14.7 Å². The Morgan fingerprint density at radius 3 is 2.68 bits per heavy atom. The molecule has 2 aromatic rings. The van der Waals surface area contributed by atoms with E-state index in [2.05, 4.69) is 5.32 Å². The van der Waals surface area contributed by atoms with Crippen LogP contribution in [-0.2, 0) is 16.1 Å². The zero-order valence-corrected chi connectivity index (χ0v) is 13.0. The number of carbonyl (C=O) groups excluding carboxylic acids is 1. The van der Waals surface area contributed by atoms with Crippen LogP contribution in [0.2, 0.25) is 0 Å². The summed E-state index contributed by atoms with van der Waals surface area (Å²) in [7, 11) is 0. The van der Waals surface area contributed by atoms with Crippen molar-refractivity contribution in [2.24, 2.45) is 5.92 Å². The Balaban J connectivity index is 1.96. The van der Waals surface area contributed by atoms with E-state index in [0.717, 1.165) is 10.9 Å². The highest BCUT2D eigenvalue weighted by Gasteiger charge is 2.24. The van der Waals surface area contributed by atoms with Crippen molar-refractivity contribution in [2.45, 2.75) is 39.3 Å². The maximum absolute atomic E-state index is 12.0. The van der Waals surface area contributed by atoms with Crippen LogP contribution in [0.1, 0.15) is 26.7 Å². The zero-order valence-electron chi connectivity index (χ0n) is 13.0. The molecule has 5 heteroatoms. The molecule has 0 aliphatic carbocycles. The quantitative estimate of drug-likeness (QED) is 0.826. The van der Waals surface area contributed by atoms with Gasteiger partial charge in [-0.15, -0.1) is 0 Å². The van der Waals surface area contributed by atoms with E-state index < -0.39 is 12.0 Å². The van der Waals surface area contributed by atoms with Gasteiger partial charge < -0.3 is 15.0 Å². The van der Waals surface area contributed by atoms with Crippen molar-refractivity contribution in [3.63, 3.8) is 0 Å². The lowest BCUT2D eigenvalue weighted by Gasteiger charge is -2.20. The molecule has 0 unspecified atom stereocenters. The first-order valence-electron chi connectivity index (χ1n) is 7.59. The topological polar surface area (TPSA) is 71.3 Å². The molecule has 2 atom stereocenters. The third-order valence-electron chi connectivity index (χ3n) is 4.06. The second-order valence-corrected chi connectivity index (χ2v) is 5.59. The lowest BCUT2D eigenvalue weighted by Crippen LogP contribution is -2.45. The number of carbonyl (C=O) groups is 2. The van der Waals surface area contributed by atoms with E-state index in [1.807, 2.05) is 54.9 Å². The number of carboxylic acids is 1. The molecule has 118 valence electrons. The Morgan fingerprint density at radius 1 is 1.27 bits per heavy atom. The SMILES string of the molecule is CC[C@@H](C)[C@H](NC(=O)CCn1ccc2ccccc21)C(=O)O. The number of para-hydroxylation sites is 1. The molecule has 0 saturated heterocycles. The lowest BCUT2D eigenvalue weighted by atomic mass is 9.99. The Hall–Kier alpha value is -2.30. The van der Waals surface area contributed by atoms with Gasteiger partial charge in [-0.1, -0.05) is 38.5 Å². The van der Waals surface area contributed by atoms with Crippen molar-refractivity contribution in [3.8, 4) is 0 Å². The maximum atomic E-state index is 12.0. The summed E-state index contributed by atoms with van der Waals surface area (Å²) in [6.07, 6.45) is 2.92. The van der Waals surface area contributed by atoms with Gasteiger partial charge in [0.25, 0.3) is 0 Å². The van der Waals surface area contributed by atoms with Crippen molar-refractivity contribution < 1.29 is 14.7 Å². The van der Waals surface area contributed by atoms with Gasteiger partial charge in [0.05, 0.1) is 0 Å². The molecule has 5 nitrogen and oxygen atoms in total. The van der Waals surface area contributed by atoms with Crippen molar-refractivity contribution in [3.05, 3.63) is 36.5 Å². The fourth-order valence-corrected chi connectivity index (χ4v) is 2.49. The van der Waals surface area contributed by atoms with Crippen LogP contribution in [0.4, 0.5) is 0 Å². The van der Waals surface area contributed by atoms with Crippen LogP contribution in [0.3, 0.4) is 0 Å². The smallest absolute Gasteiger partial charge is 0.326 e. The van der Waals surface area contributed by atoms with Gasteiger partial charge in [-0.3, -0.25) is 4.79 Å². The number of aryl methyl sites for hydroxylation is 1. The van der Waals surface area contributed by atoms with E-state index >= 15 is 0 Å². The van der Waals surface area contributed by atoms with Crippen molar-refractivity contribution in [1.82, 2.24) is 9.88 Å². The molecule has 1 aromatic carbocycles. The molecule has 0 bridgehead atoms. The summed E-state index contributed by atoms with van der Waals surface area (Å²) in [5.41, 5.74) is 1.08. The predicted octanol–water partition coefficient (Wildman–Crippen LogP) is 2.65. The van der Waals surface area contributed by atoms with Crippen molar-refractivity contribution in [1.29, 1.82) is 0 Å². The summed E-state index contributed by atoms with van der Waals surface area (Å²) in [6, 6.07) is 9.15. The van der Waals surface area contributed by atoms with E-state index in [1.165, 1.54) is 0 Å². The summed E-state index contributed by atoms with van der Waals surface area (Å²) in [6.45, 7) is 4.28. The van der Waals surface area contributed by atoms with Crippen LogP contribution in [0.25, 0.3) is 10.9 Å². The van der Waals surface area contributed by atoms with Crippen LogP contribution < -0.4 is 5.32 Å². The largest absolute Gasteiger partial charge is 0.480 e. The van der Waals surface area contributed by atoms with Crippen molar-refractivity contribution in [2.75, 3.05) is 0 Å². The summed E-state index contributed by atoms with van der Waals surface area (Å²) in [5, 5.41) is 13.0. The summed E-state index contributed by atoms with van der Waals surface area (Å²) < 4.78 is 2.01. The minimum absolute atomic E-state index is 0.0890. The Kier molecular flexibility index (Phi) is 5.20. The zero-order chi connectivity index (χ0) is 16.1. The minimum Gasteiger partial charge on any atom is -0.480 e. The van der Waals surface area contributed by atoms with E-state index in [4.69, 9.17) is 0 Å². The summed E-state index contributed by atoms with van der Waals surface area (Å²) in [5.74, 6) is -1.30. The Morgan fingerprint density at radius 2 is 2.00 bits per heavy atom. The molecule has 0 aliphatic heterocycles. The third-order valence-corrected chi connectivity index (χ3v) is 4.06. The molecule has 2 N–H and O–H groups in total. The first-order valence-corrected chi connectivity index (χ1v) is 7.59. The average Bonchev–Trinajstić information content (AvgIpc) is 2.93. The number of hydrogen-bond donors (Lipinski definition) is 2. The number of aromatic nitrogens is 1. The summed E-state index contributed by atoms with van der Waals surface area (Å²) in [4.78, 5) is 23.2. The Bertz CT molecular complexity index is 663. The number of hydrogen-bond acceptors (Lipinski definition) is 2. The number of amides is 1. The van der Waals surface area contributed by atoms with Crippen LogP contribution in [0.5, 0.6) is 0 Å². The molecule has 0 fully saturated rings. The summed E-state index contributed by atoms with van der Waals surface area (Å²) >= 11 is 0. The third kappa shape index (κ3) is 3.67. The van der Waals surface area contributed by atoms with E-state index in [-0.39, 0.29) is 18.2 Å². The maximum Gasteiger partial charge on any atom is 0.326 e. The number of fused-ring (bicyclic) bond motifs is 1. The van der Waals surface area contributed by atoms with Gasteiger partial charge in [-0.2, -0.15) is 0 Å². The first-order chi connectivity index (χ1) is 10.5. The number of carboxylic acid groups (broad SMARTS) is 1. The molecular weight excluding hydrogens is 280 g/mol. The molecular formula is C17H22N2O3. The molecule has 0 saturated carbocycles. The first kappa shape index (κ1) is 16.1. The lowest BCUT2D eigenvalue weighted by molar-refractivity contribution is -0.143. The number of nitrogens with zero attached hydrogens (tertiary/aromatic N) is 1. The molecule has 1 amide bonds. The number of aliphatic carboxylic acids is 1. The fraction of sp³-hybridized carbons (Fsp3) is 0.412. The predicted molar refractivity (Wildman–Crippen MR) is 85.6 cm³/mol. The Labute approximate surface area is 129 Å². The number of benzene rings is 1. The number of nitrogens with one attached hydrogen (secondary N) is 1. The van der Waals surface area contributed by atoms with Crippen LogP contribution in [0.15, 0.2) is 36.5 Å². The van der Waals surface area contributed by atoms with Crippen LogP contribution in [-0.4, -0.2) is 27.6 Å². The highest BCUT2D eigenvalue weighted by molar-refractivity contribution is 5.84. The van der Waals surface area contributed by atoms with E-state index in [0.29, 0.717) is 13.0 Å². The molecule has 22 heavy (non-hydrogen) atoms. The van der Waals surface area contributed by atoms with Gasteiger partial charge in [0.15, 0.2) is 0 Å². The standard InChI is InChI=1S/C17H22N2O3/c1-3-12(2)16(17(21)22)18-15(20)9-11-19-10-8-13-6-4-5-7-14(13)19/h4-8,10,12,16H,3,9,11H2,1-2H3,(H,18,20)(H,21,22)/t12-,16+/m1/s1. The second kappa shape index (κ2) is 7.11. The van der Waals surface area contributed by atoms with Gasteiger partial charge in [0.2, 0.25) is 5.91 Å². The van der Waals surface area contributed by atoms with Gasteiger partial charge in [0.1, 0.15) is 6.04 Å². The minimum atomic E-state index is -0.978. The monoisotopic (exact) mass is 302 g/mol. The molecule has 2 rings (SSSR count). The van der Waals surface area contributed by atoms with Gasteiger partial charge in [0, 0.05) is 24.7 Å². The molecule has 0 spiro atoms. The second-order valence-electron chi connectivity index (χ2n) is 5.59.